The van der Waals surface area contributed by atoms with Crippen molar-refractivity contribution < 1.29 is 0 Å². The maximum Gasteiger partial charge on any atom is 0.323 e. The maximum atomic E-state index is 10.7. The van der Waals surface area contributed by atoms with Gasteiger partial charge in [0, 0.05) is 0 Å². The highest BCUT2D eigenvalue weighted by atomic mass is 16.1. The Kier molecular flexibility index (Phi) is 3.31. The number of aromatic nitrogens is 2. The van der Waals surface area contributed by atoms with Gasteiger partial charge in [0.2, 0.25) is 0 Å². The molecule has 0 saturated heterocycles. The van der Waals surface area contributed by atoms with Crippen molar-refractivity contribution in [3.05, 3.63) is 94.4 Å². The zero-order valence-corrected chi connectivity index (χ0v) is 12.5. The first kappa shape index (κ1) is 13.6. The molecule has 0 atom stereocenters. The van der Waals surface area contributed by atoms with E-state index in [4.69, 9.17) is 0 Å². The molecular weight excluding hydrogens is 284 g/mol. The number of imidazole rings is 1. The largest absolute Gasteiger partial charge is 0.323 e. The number of para-hydroxylation sites is 2. The van der Waals surface area contributed by atoms with E-state index in [0.29, 0.717) is 0 Å². The first-order valence-electron chi connectivity index (χ1n) is 7.64. The van der Waals surface area contributed by atoms with Crippen LogP contribution in [0, 0.1) is 0 Å². The van der Waals surface area contributed by atoms with Gasteiger partial charge >= 0.3 is 5.69 Å². The zero-order chi connectivity index (χ0) is 15.6. The van der Waals surface area contributed by atoms with Crippen LogP contribution in [0.5, 0.6) is 0 Å². The lowest BCUT2D eigenvalue weighted by atomic mass is 10.1. The fraction of sp³-hybridized carbons (Fsp3) is 0.0500. The quantitative estimate of drug-likeness (QED) is 0.444. The number of H-pyrrole nitrogens is 2. The summed E-state index contributed by atoms with van der Waals surface area (Å²) in [6, 6.07) is 24.8. The summed E-state index contributed by atoms with van der Waals surface area (Å²) in [6.07, 6.45) is 1.10. The highest BCUT2D eigenvalue weighted by molar-refractivity contribution is 5.76. The smallest absolute Gasteiger partial charge is 0.306 e. The van der Waals surface area contributed by atoms with E-state index in [1.165, 1.54) is 22.3 Å². The fourth-order valence-corrected chi connectivity index (χ4v) is 3.06. The van der Waals surface area contributed by atoms with Crippen LogP contribution < -0.4 is 5.69 Å². The van der Waals surface area contributed by atoms with Crippen molar-refractivity contribution in [1.82, 2.24) is 9.97 Å². The SMILES string of the molecule is O=c1[nH]c2ccccc2[nH]1.c1ccc2c(c1)Cc1ccccc1-2. The second-order valence-electron chi connectivity index (χ2n) is 5.62. The number of rotatable bonds is 0. The van der Waals surface area contributed by atoms with E-state index < -0.39 is 0 Å². The average Bonchev–Trinajstić information content (AvgIpc) is 3.14. The molecular formula is C20H16N2O. The van der Waals surface area contributed by atoms with Crippen molar-refractivity contribution in [2.45, 2.75) is 6.42 Å². The number of hydrogen-bond acceptors (Lipinski definition) is 1. The highest BCUT2D eigenvalue weighted by Gasteiger charge is 2.15. The van der Waals surface area contributed by atoms with Gasteiger partial charge in [0.05, 0.1) is 11.0 Å². The molecule has 5 rings (SSSR count). The monoisotopic (exact) mass is 300 g/mol. The van der Waals surface area contributed by atoms with Crippen LogP contribution in [0.25, 0.3) is 22.2 Å². The van der Waals surface area contributed by atoms with Crippen LogP contribution in [0.15, 0.2) is 77.6 Å². The van der Waals surface area contributed by atoms with Crippen molar-refractivity contribution in [1.29, 1.82) is 0 Å². The molecule has 1 aromatic heterocycles. The minimum absolute atomic E-state index is 0.152. The lowest BCUT2D eigenvalue weighted by molar-refractivity contribution is 1.22. The van der Waals surface area contributed by atoms with Crippen LogP contribution >= 0.6 is 0 Å². The first-order chi connectivity index (χ1) is 11.3. The number of hydrogen-bond donors (Lipinski definition) is 2. The van der Waals surface area contributed by atoms with Crippen molar-refractivity contribution in [2.75, 3.05) is 0 Å². The lowest BCUT2D eigenvalue weighted by Crippen LogP contribution is -1.99. The predicted molar refractivity (Wildman–Crippen MR) is 93.6 cm³/mol. The predicted octanol–water partition coefficient (Wildman–Crippen LogP) is 4.11. The summed E-state index contributed by atoms with van der Waals surface area (Å²) in [5.74, 6) is 0. The first-order valence-corrected chi connectivity index (χ1v) is 7.64. The third kappa shape index (κ3) is 2.57. The molecule has 112 valence electrons. The molecule has 0 aliphatic heterocycles. The van der Waals surface area contributed by atoms with Crippen LogP contribution in [-0.2, 0) is 6.42 Å². The molecule has 0 bridgehead atoms. The van der Waals surface area contributed by atoms with Crippen molar-refractivity contribution in [3.8, 4) is 11.1 Å². The number of aromatic amines is 2. The van der Waals surface area contributed by atoms with E-state index in [9.17, 15) is 4.79 Å². The summed E-state index contributed by atoms with van der Waals surface area (Å²) in [4.78, 5) is 16.0. The van der Waals surface area contributed by atoms with Crippen LogP contribution in [0.4, 0.5) is 0 Å². The molecule has 2 N–H and O–H groups in total. The van der Waals surface area contributed by atoms with E-state index in [2.05, 4.69) is 58.5 Å². The van der Waals surface area contributed by atoms with E-state index in [-0.39, 0.29) is 5.69 Å². The molecule has 3 heteroatoms. The van der Waals surface area contributed by atoms with Crippen LogP contribution in [0.2, 0.25) is 0 Å². The van der Waals surface area contributed by atoms with Crippen LogP contribution in [-0.4, -0.2) is 9.97 Å². The Morgan fingerprint density at radius 1 is 0.609 bits per heavy atom. The molecule has 3 aromatic carbocycles. The molecule has 0 spiro atoms. The van der Waals surface area contributed by atoms with Crippen molar-refractivity contribution in [2.24, 2.45) is 0 Å². The summed E-state index contributed by atoms with van der Waals surface area (Å²) in [5, 5.41) is 0. The third-order valence-electron chi connectivity index (χ3n) is 4.13. The lowest BCUT2D eigenvalue weighted by Gasteiger charge is -1.98. The molecule has 3 nitrogen and oxygen atoms in total. The number of fused-ring (bicyclic) bond motifs is 4. The van der Waals surface area contributed by atoms with Gasteiger partial charge in [-0.25, -0.2) is 4.79 Å². The topological polar surface area (TPSA) is 48.6 Å². The Morgan fingerprint density at radius 3 is 1.57 bits per heavy atom. The normalized spacial score (nSPS) is 11.5. The van der Waals surface area contributed by atoms with Crippen molar-refractivity contribution >= 4 is 11.0 Å². The molecule has 4 aromatic rings. The highest BCUT2D eigenvalue weighted by Crippen LogP contribution is 2.35. The Hall–Kier alpha value is -3.07. The maximum absolute atomic E-state index is 10.7. The minimum Gasteiger partial charge on any atom is -0.306 e. The zero-order valence-electron chi connectivity index (χ0n) is 12.5. The minimum atomic E-state index is -0.152. The van der Waals surface area contributed by atoms with Gasteiger partial charge in [0.1, 0.15) is 0 Å². The van der Waals surface area contributed by atoms with Gasteiger partial charge in [0.25, 0.3) is 0 Å². The van der Waals surface area contributed by atoms with E-state index in [0.717, 1.165) is 17.5 Å². The molecule has 1 heterocycles. The molecule has 0 unspecified atom stereocenters. The second kappa shape index (κ2) is 5.61. The average molecular weight is 300 g/mol. The molecule has 0 amide bonds. The third-order valence-corrected chi connectivity index (χ3v) is 4.13. The Bertz CT molecular complexity index is 947. The fourth-order valence-electron chi connectivity index (χ4n) is 3.06. The Balaban J connectivity index is 0.000000122. The van der Waals surface area contributed by atoms with Crippen LogP contribution in [0.3, 0.4) is 0 Å². The van der Waals surface area contributed by atoms with Crippen LogP contribution in [0.1, 0.15) is 11.1 Å². The Morgan fingerprint density at radius 2 is 1.04 bits per heavy atom. The summed E-state index contributed by atoms with van der Waals surface area (Å²) in [7, 11) is 0. The van der Waals surface area contributed by atoms with Gasteiger partial charge in [-0.05, 0) is 40.8 Å². The number of nitrogens with one attached hydrogen (secondary N) is 2. The summed E-state index contributed by atoms with van der Waals surface area (Å²) in [6.45, 7) is 0. The van der Waals surface area contributed by atoms with Gasteiger partial charge in [-0.15, -0.1) is 0 Å². The van der Waals surface area contributed by atoms with E-state index in [1.54, 1.807) is 0 Å². The summed E-state index contributed by atoms with van der Waals surface area (Å²) >= 11 is 0. The molecule has 1 aliphatic carbocycles. The summed E-state index contributed by atoms with van der Waals surface area (Å²) in [5.41, 5.74) is 7.31. The van der Waals surface area contributed by atoms with Gasteiger partial charge in [-0.1, -0.05) is 60.7 Å². The summed E-state index contributed by atoms with van der Waals surface area (Å²) < 4.78 is 0. The van der Waals surface area contributed by atoms with Gasteiger partial charge in [0.15, 0.2) is 0 Å². The van der Waals surface area contributed by atoms with E-state index in [1.807, 2.05) is 24.3 Å². The number of benzene rings is 3. The Labute approximate surface area is 133 Å². The van der Waals surface area contributed by atoms with Gasteiger partial charge in [-0.2, -0.15) is 0 Å². The molecule has 0 saturated carbocycles. The molecule has 23 heavy (non-hydrogen) atoms. The molecule has 1 aliphatic rings. The second-order valence-corrected chi connectivity index (χ2v) is 5.62. The standard InChI is InChI=1S/C13H10.C7H6N2O/c1-3-7-12-10(5-1)9-11-6-2-4-8-13(11)12;10-7-8-5-3-1-2-4-6(5)9-7/h1-8H,9H2;1-4H,(H2,8,9,10). The van der Waals surface area contributed by atoms with E-state index >= 15 is 0 Å². The van der Waals surface area contributed by atoms with Gasteiger partial charge in [-0.3, -0.25) is 0 Å². The van der Waals surface area contributed by atoms with Crippen molar-refractivity contribution in [3.63, 3.8) is 0 Å². The molecule has 0 fully saturated rings. The van der Waals surface area contributed by atoms with Gasteiger partial charge < -0.3 is 9.97 Å². The molecule has 0 radical (unpaired) electrons.